The van der Waals surface area contributed by atoms with E-state index in [4.69, 9.17) is 16.3 Å². The number of hydrogen-bond acceptors (Lipinski definition) is 4. The molecule has 0 fully saturated rings. The van der Waals surface area contributed by atoms with Crippen LogP contribution in [0, 0.1) is 0 Å². The molecule has 3 aromatic rings. The Balaban J connectivity index is 1.92. The molecule has 0 unspecified atom stereocenters. The Labute approximate surface area is 163 Å². The number of ether oxygens (including phenoxy) is 1. The normalized spacial score (nSPS) is 11.5. The van der Waals surface area contributed by atoms with Gasteiger partial charge in [0.25, 0.3) is 10.0 Å². The minimum atomic E-state index is -3.77. The van der Waals surface area contributed by atoms with Crippen LogP contribution in [0.3, 0.4) is 0 Å². The highest BCUT2D eigenvalue weighted by atomic mass is 35.5. The van der Waals surface area contributed by atoms with Crippen molar-refractivity contribution in [3.05, 3.63) is 83.1 Å². The lowest BCUT2D eigenvalue weighted by molar-refractivity contribution is 0.414. The van der Waals surface area contributed by atoms with Crippen LogP contribution in [0.4, 0.5) is 5.69 Å². The molecule has 0 spiro atoms. The zero-order chi connectivity index (χ0) is 19.3. The van der Waals surface area contributed by atoms with Crippen molar-refractivity contribution in [3.8, 4) is 5.75 Å². The van der Waals surface area contributed by atoms with Crippen molar-refractivity contribution in [2.45, 2.75) is 4.90 Å². The van der Waals surface area contributed by atoms with Crippen LogP contribution in [0.1, 0.15) is 11.1 Å². The van der Waals surface area contributed by atoms with Crippen molar-refractivity contribution >= 4 is 39.5 Å². The van der Waals surface area contributed by atoms with Crippen molar-refractivity contribution in [2.24, 2.45) is 0 Å². The summed E-state index contributed by atoms with van der Waals surface area (Å²) in [6.07, 6.45) is 6.97. The number of pyridine rings is 1. The number of nitrogens with zero attached hydrogens (tertiary/aromatic N) is 1. The van der Waals surface area contributed by atoms with Crippen molar-refractivity contribution in [3.63, 3.8) is 0 Å². The Bertz CT molecular complexity index is 1050. The average Bonchev–Trinajstić information content (AvgIpc) is 2.68. The Morgan fingerprint density at radius 2 is 1.70 bits per heavy atom. The molecule has 27 heavy (non-hydrogen) atoms. The van der Waals surface area contributed by atoms with E-state index >= 15 is 0 Å². The molecular formula is C20H17ClN2O3S. The second-order valence-electron chi connectivity index (χ2n) is 5.60. The van der Waals surface area contributed by atoms with Crippen LogP contribution in [-0.2, 0) is 10.0 Å². The van der Waals surface area contributed by atoms with Gasteiger partial charge in [-0.2, -0.15) is 0 Å². The maximum absolute atomic E-state index is 12.7. The van der Waals surface area contributed by atoms with E-state index in [2.05, 4.69) is 9.71 Å². The molecule has 7 heteroatoms. The van der Waals surface area contributed by atoms with E-state index in [1.165, 1.54) is 19.2 Å². The van der Waals surface area contributed by atoms with Crippen molar-refractivity contribution in [1.82, 2.24) is 4.98 Å². The van der Waals surface area contributed by atoms with Crippen LogP contribution in [0.15, 0.2) is 71.9 Å². The quantitative estimate of drug-likeness (QED) is 0.650. The van der Waals surface area contributed by atoms with Crippen LogP contribution in [-0.4, -0.2) is 20.5 Å². The summed E-state index contributed by atoms with van der Waals surface area (Å²) in [5, 5.41) is 0.440. The number of hydrogen-bond donors (Lipinski definition) is 1. The molecule has 0 aliphatic rings. The molecule has 5 nitrogen and oxygen atoms in total. The molecule has 0 aliphatic carbocycles. The third-order valence-electron chi connectivity index (χ3n) is 3.82. The summed E-state index contributed by atoms with van der Waals surface area (Å²) in [6, 6.07) is 14.9. The van der Waals surface area contributed by atoms with Crippen LogP contribution in [0.2, 0.25) is 5.02 Å². The molecule has 0 amide bonds. The van der Waals surface area contributed by atoms with Gasteiger partial charge in [0.05, 0.1) is 17.7 Å². The predicted octanol–water partition coefficient (Wildman–Crippen LogP) is 4.71. The number of methoxy groups -OCH3 is 1. The SMILES string of the molecule is COc1ccc(S(=O)(=O)Nc2cccc(Cl)c2C=Cc2ccncc2)cc1. The molecule has 138 valence electrons. The van der Waals surface area contributed by atoms with Gasteiger partial charge in [0, 0.05) is 23.0 Å². The second-order valence-corrected chi connectivity index (χ2v) is 7.69. The summed E-state index contributed by atoms with van der Waals surface area (Å²) in [5.41, 5.74) is 1.89. The van der Waals surface area contributed by atoms with Crippen molar-refractivity contribution in [1.29, 1.82) is 0 Å². The highest BCUT2D eigenvalue weighted by Crippen LogP contribution is 2.29. The lowest BCUT2D eigenvalue weighted by atomic mass is 10.1. The zero-order valence-corrected chi connectivity index (χ0v) is 16.0. The molecule has 2 aromatic carbocycles. The first-order chi connectivity index (χ1) is 13.0. The van der Waals surface area contributed by atoms with E-state index in [0.717, 1.165) is 5.56 Å². The number of nitrogens with one attached hydrogen (secondary N) is 1. The maximum atomic E-state index is 12.7. The summed E-state index contributed by atoms with van der Waals surface area (Å²) >= 11 is 6.30. The Hall–Kier alpha value is -2.83. The zero-order valence-electron chi connectivity index (χ0n) is 14.5. The molecular weight excluding hydrogens is 384 g/mol. The van der Waals surface area contributed by atoms with E-state index in [9.17, 15) is 8.42 Å². The first-order valence-corrected chi connectivity index (χ1v) is 9.89. The molecule has 1 N–H and O–H groups in total. The van der Waals surface area contributed by atoms with E-state index in [-0.39, 0.29) is 4.90 Å². The lowest BCUT2D eigenvalue weighted by Gasteiger charge is -2.12. The number of rotatable bonds is 6. The topological polar surface area (TPSA) is 68.3 Å². The van der Waals surface area contributed by atoms with Gasteiger partial charge in [-0.3, -0.25) is 9.71 Å². The number of anilines is 1. The van der Waals surface area contributed by atoms with Crippen LogP contribution >= 0.6 is 11.6 Å². The molecule has 0 bridgehead atoms. The van der Waals surface area contributed by atoms with Gasteiger partial charge in [-0.1, -0.05) is 29.8 Å². The third kappa shape index (κ3) is 4.67. The Morgan fingerprint density at radius 1 is 1.00 bits per heavy atom. The molecule has 0 radical (unpaired) electrons. The van der Waals surface area contributed by atoms with Gasteiger partial charge < -0.3 is 4.74 Å². The highest BCUT2D eigenvalue weighted by molar-refractivity contribution is 7.92. The lowest BCUT2D eigenvalue weighted by Crippen LogP contribution is -2.13. The first-order valence-electron chi connectivity index (χ1n) is 8.03. The van der Waals surface area contributed by atoms with E-state index in [1.807, 2.05) is 18.2 Å². The molecule has 0 saturated carbocycles. The number of halogens is 1. The van der Waals surface area contributed by atoms with Crippen LogP contribution in [0.5, 0.6) is 5.75 Å². The fourth-order valence-electron chi connectivity index (χ4n) is 2.41. The third-order valence-corrected chi connectivity index (χ3v) is 5.53. The second kappa shape index (κ2) is 8.24. The van der Waals surface area contributed by atoms with Crippen LogP contribution in [0.25, 0.3) is 12.2 Å². The van der Waals surface area contributed by atoms with Gasteiger partial charge >= 0.3 is 0 Å². The Morgan fingerprint density at radius 3 is 2.37 bits per heavy atom. The van der Waals surface area contributed by atoms with Gasteiger partial charge in [-0.15, -0.1) is 0 Å². The smallest absolute Gasteiger partial charge is 0.261 e. The van der Waals surface area contributed by atoms with Gasteiger partial charge in [0.1, 0.15) is 5.75 Å². The monoisotopic (exact) mass is 400 g/mol. The number of aromatic nitrogens is 1. The molecule has 1 heterocycles. The summed E-state index contributed by atoms with van der Waals surface area (Å²) < 4.78 is 33.1. The maximum Gasteiger partial charge on any atom is 0.261 e. The van der Waals surface area contributed by atoms with Gasteiger partial charge in [0.2, 0.25) is 0 Å². The predicted molar refractivity (Wildman–Crippen MR) is 108 cm³/mol. The van der Waals surface area contributed by atoms with E-state index in [0.29, 0.717) is 22.0 Å². The molecule has 0 saturated heterocycles. The van der Waals surface area contributed by atoms with Gasteiger partial charge in [-0.25, -0.2) is 8.42 Å². The minimum Gasteiger partial charge on any atom is -0.497 e. The molecule has 0 aliphatic heterocycles. The van der Waals surface area contributed by atoms with Gasteiger partial charge in [0.15, 0.2) is 0 Å². The highest BCUT2D eigenvalue weighted by Gasteiger charge is 2.16. The molecule has 1 aromatic heterocycles. The van der Waals surface area contributed by atoms with Crippen molar-refractivity contribution in [2.75, 3.05) is 11.8 Å². The van der Waals surface area contributed by atoms with Crippen molar-refractivity contribution < 1.29 is 13.2 Å². The Kier molecular flexibility index (Phi) is 5.78. The summed E-state index contributed by atoms with van der Waals surface area (Å²) in [4.78, 5) is 4.10. The largest absolute Gasteiger partial charge is 0.497 e. The minimum absolute atomic E-state index is 0.132. The van der Waals surface area contributed by atoms with Gasteiger partial charge in [-0.05, 0) is 54.1 Å². The summed E-state index contributed by atoms with van der Waals surface area (Å²) in [6.45, 7) is 0. The molecule has 3 rings (SSSR count). The number of benzene rings is 2. The molecule has 0 atom stereocenters. The van der Waals surface area contributed by atoms with E-state index < -0.39 is 10.0 Å². The van der Waals surface area contributed by atoms with E-state index in [1.54, 1.807) is 48.8 Å². The first kappa shape index (κ1) is 18.9. The fraction of sp³-hybridized carbons (Fsp3) is 0.0500. The fourth-order valence-corrected chi connectivity index (χ4v) is 3.73. The standard InChI is InChI=1S/C20H17ClN2O3S/c1-26-16-6-8-17(9-7-16)27(24,25)23-20-4-2-3-19(21)18(20)10-5-15-11-13-22-14-12-15/h2-14,23H,1H3. The number of sulfonamides is 1. The summed E-state index contributed by atoms with van der Waals surface area (Å²) in [5.74, 6) is 0.581. The van der Waals surface area contributed by atoms with Crippen LogP contribution < -0.4 is 9.46 Å². The summed E-state index contributed by atoms with van der Waals surface area (Å²) in [7, 11) is -2.25. The average molecular weight is 401 g/mol.